The highest BCUT2D eigenvalue weighted by molar-refractivity contribution is 9.10. The lowest BCUT2D eigenvalue weighted by molar-refractivity contribution is -0.118. The SMILES string of the molecule is CCOC(=O)c1nn(-c2cccc(Br)c2)c(=O)cc1OCC(=O)Nc1ccccc1. The highest BCUT2D eigenvalue weighted by atomic mass is 79.9. The Bertz CT molecular complexity index is 1120. The van der Waals surface area contributed by atoms with E-state index in [1.54, 1.807) is 55.5 Å². The molecule has 0 saturated heterocycles. The Kier molecular flexibility index (Phi) is 6.97. The Hall–Kier alpha value is -3.46. The Morgan fingerprint density at radius 3 is 2.57 bits per heavy atom. The number of ether oxygens (including phenoxy) is 2. The van der Waals surface area contributed by atoms with Gasteiger partial charge in [-0.05, 0) is 37.3 Å². The molecule has 0 aliphatic rings. The summed E-state index contributed by atoms with van der Waals surface area (Å²) in [6.07, 6.45) is 0. The van der Waals surface area contributed by atoms with Crippen molar-refractivity contribution < 1.29 is 19.1 Å². The highest BCUT2D eigenvalue weighted by Crippen LogP contribution is 2.18. The normalized spacial score (nSPS) is 10.3. The summed E-state index contributed by atoms with van der Waals surface area (Å²) in [7, 11) is 0. The minimum absolute atomic E-state index is 0.116. The summed E-state index contributed by atoms with van der Waals surface area (Å²) in [5.41, 5.74) is 0.316. The summed E-state index contributed by atoms with van der Waals surface area (Å²) in [6, 6.07) is 16.8. The first kappa shape index (κ1) is 21.3. The molecular weight excluding hydrogens is 454 g/mol. The molecule has 0 spiro atoms. The maximum atomic E-state index is 12.6. The van der Waals surface area contributed by atoms with Crippen LogP contribution in [0.25, 0.3) is 5.69 Å². The zero-order valence-corrected chi connectivity index (χ0v) is 17.6. The van der Waals surface area contributed by atoms with Gasteiger partial charge in [-0.1, -0.05) is 40.2 Å². The Morgan fingerprint density at radius 2 is 1.87 bits per heavy atom. The first-order chi connectivity index (χ1) is 14.5. The van der Waals surface area contributed by atoms with Crippen molar-refractivity contribution >= 4 is 33.5 Å². The number of carbonyl (C=O) groups is 2. The van der Waals surface area contributed by atoms with Gasteiger partial charge in [0.1, 0.15) is 0 Å². The molecule has 0 unspecified atom stereocenters. The largest absolute Gasteiger partial charge is 0.481 e. The Morgan fingerprint density at radius 1 is 1.10 bits per heavy atom. The molecule has 1 heterocycles. The average Bonchev–Trinajstić information content (AvgIpc) is 2.73. The first-order valence-electron chi connectivity index (χ1n) is 9.03. The van der Waals surface area contributed by atoms with Gasteiger partial charge in [0.25, 0.3) is 11.5 Å². The molecule has 3 rings (SSSR count). The Balaban J connectivity index is 1.87. The van der Waals surface area contributed by atoms with Crippen LogP contribution >= 0.6 is 15.9 Å². The van der Waals surface area contributed by atoms with Gasteiger partial charge < -0.3 is 14.8 Å². The Labute approximate surface area is 180 Å². The number of amides is 1. The molecular formula is C21H18BrN3O5. The van der Waals surface area contributed by atoms with Gasteiger partial charge in [0.05, 0.1) is 18.4 Å². The fraction of sp³-hybridized carbons (Fsp3) is 0.143. The third-order valence-corrected chi connectivity index (χ3v) is 4.33. The van der Waals surface area contributed by atoms with E-state index in [0.29, 0.717) is 11.4 Å². The number of hydrogen-bond acceptors (Lipinski definition) is 6. The van der Waals surface area contributed by atoms with Crippen LogP contribution in [0, 0.1) is 0 Å². The molecule has 0 fully saturated rings. The summed E-state index contributed by atoms with van der Waals surface area (Å²) >= 11 is 3.33. The molecule has 1 aromatic heterocycles. The predicted octanol–water partition coefficient (Wildman–Crippen LogP) is 3.19. The van der Waals surface area contributed by atoms with Crippen molar-refractivity contribution in [3.05, 3.63) is 81.2 Å². The van der Waals surface area contributed by atoms with Gasteiger partial charge in [-0.25, -0.2) is 4.79 Å². The number of nitrogens with zero attached hydrogens (tertiary/aromatic N) is 2. The fourth-order valence-electron chi connectivity index (χ4n) is 2.55. The molecule has 0 aliphatic carbocycles. The van der Waals surface area contributed by atoms with E-state index in [4.69, 9.17) is 9.47 Å². The van der Waals surface area contributed by atoms with Crippen LogP contribution in [0.5, 0.6) is 5.75 Å². The second kappa shape index (κ2) is 9.84. The molecule has 1 N–H and O–H groups in total. The van der Waals surface area contributed by atoms with Crippen LogP contribution in [0.2, 0.25) is 0 Å². The molecule has 0 atom stereocenters. The molecule has 8 nitrogen and oxygen atoms in total. The third-order valence-electron chi connectivity index (χ3n) is 3.83. The second-order valence-corrected chi connectivity index (χ2v) is 6.93. The number of aromatic nitrogens is 2. The van der Waals surface area contributed by atoms with Crippen molar-refractivity contribution in [1.82, 2.24) is 9.78 Å². The number of benzene rings is 2. The van der Waals surface area contributed by atoms with E-state index in [1.165, 1.54) is 0 Å². The summed E-state index contributed by atoms with van der Waals surface area (Å²) in [4.78, 5) is 37.1. The summed E-state index contributed by atoms with van der Waals surface area (Å²) in [5, 5.41) is 6.77. The van der Waals surface area contributed by atoms with Gasteiger partial charge in [0.15, 0.2) is 12.4 Å². The summed E-state index contributed by atoms with van der Waals surface area (Å²) in [6.45, 7) is 1.35. The smallest absolute Gasteiger partial charge is 0.362 e. The number of para-hydroxylation sites is 1. The van der Waals surface area contributed by atoms with Crippen molar-refractivity contribution in [2.24, 2.45) is 0 Å². The van der Waals surface area contributed by atoms with E-state index in [1.807, 2.05) is 6.07 Å². The van der Waals surface area contributed by atoms with Crippen molar-refractivity contribution in [2.45, 2.75) is 6.92 Å². The molecule has 0 bridgehead atoms. The molecule has 9 heteroatoms. The molecule has 0 saturated carbocycles. The molecule has 2 aromatic carbocycles. The maximum Gasteiger partial charge on any atom is 0.362 e. The number of carbonyl (C=O) groups excluding carboxylic acids is 2. The van der Waals surface area contributed by atoms with Gasteiger partial charge >= 0.3 is 5.97 Å². The summed E-state index contributed by atoms with van der Waals surface area (Å²) < 4.78 is 12.3. The first-order valence-corrected chi connectivity index (χ1v) is 9.82. The number of anilines is 1. The number of esters is 1. The lowest BCUT2D eigenvalue weighted by atomic mass is 10.3. The van der Waals surface area contributed by atoms with Crippen LogP contribution in [-0.4, -0.2) is 34.9 Å². The zero-order valence-electron chi connectivity index (χ0n) is 16.0. The summed E-state index contributed by atoms with van der Waals surface area (Å²) in [5.74, 6) is -1.35. The maximum absolute atomic E-state index is 12.6. The average molecular weight is 472 g/mol. The third kappa shape index (κ3) is 5.32. The van der Waals surface area contributed by atoms with E-state index in [-0.39, 0.29) is 18.1 Å². The number of nitrogens with one attached hydrogen (secondary N) is 1. The fourth-order valence-corrected chi connectivity index (χ4v) is 2.93. The van der Waals surface area contributed by atoms with Crippen LogP contribution in [0.1, 0.15) is 17.4 Å². The van der Waals surface area contributed by atoms with Gasteiger partial charge in [-0.15, -0.1) is 0 Å². The number of rotatable bonds is 7. The second-order valence-electron chi connectivity index (χ2n) is 6.01. The van der Waals surface area contributed by atoms with Gasteiger partial charge in [0.2, 0.25) is 5.69 Å². The minimum atomic E-state index is -0.764. The van der Waals surface area contributed by atoms with E-state index < -0.39 is 24.0 Å². The van der Waals surface area contributed by atoms with Crippen molar-refractivity contribution in [2.75, 3.05) is 18.5 Å². The topological polar surface area (TPSA) is 99.5 Å². The monoisotopic (exact) mass is 471 g/mol. The van der Waals surface area contributed by atoms with E-state index in [9.17, 15) is 14.4 Å². The van der Waals surface area contributed by atoms with Crippen LogP contribution in [0.3, 0.4) is 0 Å². The van der Waals surface area contributed by atoms with Crippen molar-refractivity contribution in [3.8, 4) is 11.4 Å². The lowest BCUT2D eigenvalue weighted by Gasteiger charge is -2.13. The van der Waals surface area contributed by atoms with Gasteiger partial charge in [-0.3, -0.25) is 9.59 Å². The van der Waals surface area contributed by atoms with E-state index in [0.717, 1.165) is 15.2 Å². The van der Waals surface area contributed by atoms with Gasteiger partial charge in [0, 0.05) is 10.2 Å². The van der Waals surface area contributed by atoms with Crippen LogP contribution in [0.15, 0.2) is 69.9 Å². The van der Waals surface area contributed by atoms with E-state index in [2.05, 4.69) is 26.3 Å². The molecule has 30 heavy (non-hydrogen) atoms. The molecule has 1 amide bonds. The molecule has 154 valence electrons. The van der Waals surface area contributed by atoms with Crippen molar-refractivity contribution in [3.63, 3.8) is 0 Å². The predicted molar refractivity (Wildman–Crippen MR) is 114 cm³/mol. The molecule has 0 aliphatic heterocycles. The quantitative estimate of drug-likeness (QED) is 0.531. The van der Waals surface area contributed by atoms with Crippen molar-refractivity contribution in [1.29, 1.82) is 0 Å². The molecule has 0 radical (unpaired) electrons. The standard InChI is InChI=1S/C21H18BrN3O5/c1-2-29-21(28)20-17(30-13-18(26)23-15-8-4-3-5-9-15)12-19(27)25(24-20)16-10-6-7-14(22)11-16/h3-12H,2,13H2,1H3,(H,23,26). The number of hydrogen-bond donors (Lipinski definition) is 1. The van der Waals surface area contributed by atoms with Crippen LogP contribution in [0.4, 0.5) is 5.69 Å². The zero-order chi connectivity index (χ0) is 21.5. The van der Waals surface area contributed by atoms with Gasteiger partial charge in [-0.2, -0.15) is 9.78 Å². The minimum Gasteiger partial charge on any atom is -0.481 e. The van der Waals surface area contributed by atoms with E-state index >= 15 is 0 Å². The molecule has 3 aromatic rings. The van der Waals surface area contributed by atoms with Crippen LogP contribution in [-0.2, 0) is 9.53 Å². The van der Waals surface area contributed by atoms with Crippen LogP contribution < -0.4 is 15.6 Å². The highest BCUT2D eigenvalue weighted by Gasteiger charge is 2.20. The number of halogens is 1. The lowest BCUT2D eigenvalue weighted by Crippen LogP contribution is -2.27.